The smallest absolute Gasteiger partial charge is 0.421 e. The summed E-state index contributed by atoms with van der Waals surface area (Å²) < 4.78 is 52.3. The van der Waals surface area contributed by atoms with Crippen LogP contribution in [0.5, 0.6) is 11.6 Å². The van der Waals surface area contributed by atoms with E-state index in [2.05, 4.69) is 54.2 Å². The van der Waals surface area contributed by atoms with E-state index in [4.69, 9.17) is 9.47 Å². The molecule has 1 aliphatic heterocycles. The van der Waals surface area contributed by atoms with E-state index in [1.54, 1.807) is 12.1 Å². The summed E-state index contributed by atoms with van der Waals surface area (Å²) in [6.45, 7) is 9.79. The Morgan fingerprint density at radius 1 is 1.05 bits per heavy atom. The maximum Gasteiger partial charge on any atom is 0.421 e. The molecule has 1 amide bonds. The van der Waals surface area contributed by atoms with Crippen LogP contribution in [0.1, 0.15) is 12.5 Å². The minimum Gasteiger partial charge on any atom is -0.497 e. The van der Waals surface area contributed by atoms with Gasteiger partial charge in [0.05, 0.1) is 25.6 Å². The van der Waals surface area contributed by atoms with Gasteiger partial charge < -0.3 is 35.2 Å². The average molecular weight is 573 g/mol. The fourth-order valence-electron chi connectivity index (χ4n) is 4.17. The quantitative estimate of drug-likeness (QED) is 0.296. The van der Waals surface area contributed by atoms with Crippen molar-refractivity contribution in [1.82, 2.24) is 19.9 Å². The zero-order valence-electron chi connectivity index (χ0n) is 22.9. The molecule has 0 radical (unpaired) electrons. The number of rotatable bonds is 10. The van der Waals surface area contributed by atoms with Gasteiger partial charge in [0.25, 0.3) is 0 Å². The topological polar surface area (TPSA) is 117 Å². The molecule has 1 saturated heterocycles. The Kier molecular flexibility index (Phi) is 9.12. The number of nitrogens with zero attached hydrogens (tertiary/aromatic N) is 5. The molecule has 0 saturated carbocycles. The van der Waals surface area contributed by atoms with Crippen LogP contribution >= 0.6 is 0 Å². The average Bonchev–Trinajstić information content (AvgIpc) is 2.97. The summed E-state index contributed by atoms with van der Waals surface area (Å²) in [6.07, 6.45) is -3.03. The lowest BCUT2D eigenvalue weighted by atomic mass is 10.2. The Balaban J connectivity index is 1.66. The summed E-state index contributed by atoms with van der Waals surface area (Å²) in [5.41, 5.74) is -0.294. The Morgan fingerprint density at radius 3 is 2.44 bits per heavy atom. The number of aromatic nitrogens is 3. The number of alkyl halides is 3. The number of benzene rings is 1. The van der Waals surface area contributed by atoms with Crippen molar-refractivity contribution >= 4 is 40.6 Å². The van der Waals surface area contributed by atoms with Crippen LogP contribution in [-0.4, -0.2) is 72.7 Å². The number of halogens is 3. The zero-order chi connectivity index (χ0) is 29.6. The van der Waals surface area contributed by atoms with E-state index in [0.717, 1.165) is 38.8 Å². The highest BCUT2D eigenvalue weighted by Crippen LogP contribution is 2.37. The normalized spacial score (nSPS) is 13.9. The van der Waals surface area contributed by atoms with Gasteiger partial charge in [-0.05, 0) is 24.8 Å². The first-order valence-electron chi connectivity index (χ1n) is 12.8. The molecule has 3 N–H and O–H groups in total. The molecule has 1 aliphatic rings. The Labute approximate surface area is 235 Å². The maximum atomic E-state index is 13.9. The summed E-state index contributed by atoms with van der Waals surface area (Å²) in [6, 6.07) is 7.83. The van der Waals surface area contributed by atoms with Crippen molar-refractivity contribution in [3.8, 4) is 11.6 Å². The molecular weight excluding hydrogens is 541 g/mol. The highest BCUT2D eigenvalue weighted by atomic mass is 19.4. The number of hydrogen-bond acceptors (Lipinski definition) is 10. The summed E-state index contributed by atoms with van der Waals surface area (Å²) in [5.74, 6) is 0.199. The predicted molar refractivity (Wildman–Crippen MR) is 151 cm³/mol. The summed E-state index contributed by atoms with van der Waals surface area (Å²) in [4.78, 5) is 29.0. The third-order valence-electron chi connectivity index (χ3n) is 6.41. The first kappa shape index (κ1) is 29.4. The molecule has 11 nitrogen and oxygen atoms in total. The number of hydrogen-bond donors (Lipinski definition) is 3. The van der Waals surface area contributed by atoms with Crippen LogP contribution in [0.2, 0.25) is 0 Å². The fourth-order valence-corrected chi connectivity index (χ4v) is 4.17. The van der Waals surface area contributed by atoms with Crippen LogP contribution in [0.15, 0.2) is 49.2 Å². The van der Waals surface area contributed by atoms with Gasteiger partial charge in [0, 0.05) is 56.3 Å². The van der Waals surface area contributed by atoms with Crippen LogP contribution < -0.4 is 30.3 Å². The number of anilines is 6. The number of piperazine rings is 1. The summed E-state index contributed by atoms with van der Waals surface area (Å²) >= 11 is 0. The van der Waals surface area contributed by atoms with Gasteiger partial charge in [0.15, 0.2) is 0 Å². The lowest BCUT2D eigenvalue weighted by Gasteiger charge is -2.35. The molecule has 0 atom stereocenters. The molecule has 218 valence electrons. The summed E-state index contributed by atoms with van der Waals surface area (Å²) in [7, 11) is 2.91. The van der Waals surface area contributed by atoms with Gasteiger partial charge in [0.1, 0.15) is 22.9 Å². The van der Waals surface area contributed by atoms with Crippen LogP contribution in [0, 0.1) is 0 Å². The van der Waals surface area contributed by atoms with Crippen LogP contribution in [-0.2, 0) is 11.0 Å². The number of carbonyl (C=O) groups is 1. The van der Waals surface area contributed by atoms with Crippen molar-refractivity contribution in [2.24, 2.45) is 0 Å². The molecule has 0 unspecified atom stereocenters. The first-order chi connectivity index (χ1) is 19.6. The number of ether oxygens (including phenoxy) is 2. The number of likely N-dealkylation sites (N-methyl/N-ethyl adjacent to an activating group) is 1. The molecule has 0 aliphatic carbocycles. The van der Waals surface area contributed by atoms with Crippen molar-refractivity contribution in [2.45, 2.75) is 13.1 Å². The molecular formula is C27H31F3N8O3. The molecule has 1 aromatic carbocycles. The largest absolute Gasteiger partial charge is 0.497 e. The Bertz CT molecular complexity index is 1390. The second-order valence-electron chi connectivity index (χ2n) is 8.99. The van der Waals surface area contributed by atoms with Crippen molar-refractivity contribution in [3.63, 3.8) is 0 Å². The lowest BCUT2D eigenvalue weighted by molar-refractivity contribution is -0.137. The van der Waals surface area contributed by atoms with E-state index in [-0.39, 0.29) is 17.3 Å². The van der Waals surface area contributed by atoms with Gasteiger partial charge in [-0.2, -0.15) is 23.1 Å². The van der Waals surface area contributed by atoms with E-state index in [9.17, 15) is 18.0 Å². The van der Waals surface area contributed by atoms with E-state index in [1.165, 1.54) is 32.4 Å². The van der Waals surface area contributed by atoms with Crippen molar-refractivity contribution < 1.29 is 27.4 Å². The molecule has 3 aromatic rings. The van der Waals surface area contributed by atoms with E-state index >= 15 is 0 Å². The van der Waals surface area contributed by atoms with Crippen molar-refractivity contribution in [3.05, 3.63) is 54.7 Å². The monoisotopic (exact) mass is 572 g/mol. The molecule has 3 heterocycles. The van der Waals surface area contributed by atoms with Gasteiger partial charge in [-0.25, -0.2) is 4.98 Å². The number of pyridine rings is 1. The van der Waals surface area contributed by atoms with Crippen LogP contribution in [0.25, 0.3) is 0 Å². The standard InChI is InChI=1S/C27H31F3N8O3/c1-5-23(39)33-21-15-18(40-3)7-8-20(21)34-25-19(27(28,29)30)16-31-26(36-25)32-17-13-22(35-24(14-17)41-4)38-11-9-37(6-2)10-12-38/h5,7-8,13-16H,1,6,9-12H2,2-4H3,(H,33,39)(H2,31,32,34,35,36). The molecule has 14 heteroatoms. The molecule has 4 rings (SSSR count). The lowest BCUT2D eigenvalue weighted by Crippen LogP contribution is -2.46. The number of carbonyl (C=O) groups excluding carboxylic acids is 1. The molecule has 41 heavy (non-hydrogen) atoms. The van der Waals surface area contributed by atoms with Gasteiger partial charge in [-0.1, -0.05) is 13.5 Å². The van der Waals surface area contributed by atoms with E-state index < -0.39 is 23.5 Å². The summed E-state index contributed by atoms with van der Waals surface area (Å²) in [5, 5.41) is 8.21. The minimum atomic E-state index is -4.76. The van der Waals surface area contributed by atoms with E-state index in [0.29, 0.717) is 29.3 Å². The number of amides is 1. The third-order valence-corrected chi connectivity index (χ3v) is 6.41. The SMILES string of the molecule is C=CC(=O)Nc1cc(OC)ccc1Nc1nc(Nc2cc(OC)nc(N3CCN(CC)CC3)c2)ncc1C(F)(F)F. The number of methoxy groups -OCH3 is 2. The van der Waals surface area contributed by atoms with Gasteiger partial charge in [-0.3, -0.25) is 4.79 Å². The molecule has 0 bridgehead atoms. The zero-order valence-corrected chi connectivity index (χ0v) is 22.9. The predicted octanol–water partition coefficient (Wildman–Crippen LogP) is 4.66. The van der Waals surface area contributed by atoms with Crippen LogP contribution in [0.3, 0.4) is 0 Å². The fraction of sp³-hybridized carbons (Fsp3) is 0.333. The highest BCUT2D eigenvalue weighted by molar-refractivity contribution is 6.01. The van der Waals surface area contributed by atoms with E-state index in [1.807, 2.05) is 0 Å². The molecule has 0 spiro atoms. The van der Waals surface area contributed by atoms with Gasteiger partial charge in [-0.15, -0.1) is 0 Å². The van der Waals surface area contributed by atoms with Gasteiger partial charge >= 0.3 is 6.18 Å². The van der Waals surface area contributed by atoms with Crippen molar-refractivity contribution in [1.29, 1.82) is 0 Å². The second-order valence-corrected chi connectivity index (χ2v) is 8.99. The Hall–Kier alpha value is -4.59. The van der Waals surface area contributed by atoms with Crippen LogP contribution in [0.4, 0.5) is 47.8 Å². The molecule has 1 fully saturated rings. The third kappa shape index (κ3) is 7.33. The van der Waals surface area contributed by atoms with Crippen molar-refractivity contribution in [2.75, 3.05) is 67.8 Å². The first-order valence-corrected chi connectivity index (χ1v) is 12.8. The Morgan fingerprint density at radius 2 is 1.80 bits per heavy atom. The minimum absolute atomic E-state index is 0.0966. The maximum absolute atomic E-state index is 13.9. The number of nitrogens with one attached hydrogen (secondary N) is 3. The second kappa shape index (κ2) is 12.7. The molecule has 2 aromatic heterocycles. The highest BCUT2D eigenvalue weighted by Gasteiger charge is 2.35. The van der Waals surface area contributed by atoms with Gasteiger partial charge in [0.2, 0.25) is 17.7 Å².